The first-order valence-electron chi connectivity index (χ1n) is 21.8. The Morgan fingerprint density at radius 2 is 0.971 bits per heavy atom. The van der Waals surface area contributed by atoms with Gasteiger partial charge in [0.25, 0.3) is 0 Å². The summed E-state index contributed by atoms with van der Waals surface area (Å²) in [5.41, 5.74) is 5.59. The van der Waals surface area contributed by atoms with Crippen LogP contribution in [0.4, 0.5) is 28.9 Å². The average molecular weight is 1060 g/mol. The van der Waals surface area contributed by atoms with E-state index in [1.54, 1.807) is 9.80 Å². The third-order valence-electron chi connectivity index (χ3n) is 11.7. The number of carbonyl (C=O) groups is 4. The molecule has 70 heavy (non-hydrogen) atoms. The fourth-order valence-electron chi connectivity index (χ4n) is 7.46. The molecule has 2 saturated heterocycles. The summed E-state index contributed by atoms with van der Waals surface area (Å²) in [7, 11) is -6.85. The lowest BCUT2D eigenvalue weighted by Gasteiger charge is -2.34. The number of methoxy groups -OCH3 is 1. The van der Waals surface area contributed by atoms with E-state index in [4.69, 9.17) is 28.9 Å². The van der Waals surface area contributed by atoms with Crippen LogP contribution in [0.5, 0.6) is 0 Å². The van der Waals surface area contributed by atoms with Crippen LogP contribution in [-0.4, -0.2) is 151 Å². The second-order valence-corrected chi connectivity index (χ2v) is 21.1. The van der Waals surface area contributed by atoms with Gasteiger partial charge in [-0.25, -0.2) is 39.2 Å². The van der Waals surface area contributed by atoms with Gasteiger partial charge in [-0.2, -0.15) is 0 Å². The van der Waals surface area contributed by atoms with E-state index in [1.807, 2.05) is 9.80 Å². The van der Waals surface area contributed by atoms with Crippen LogP contribution in [0.15, 0.2) is 72.8 Å². The molecule has 0 radical (unpaired) electrons. The quantitative estimate of drug-likeness (QED) is 0.0832. The molecular formula is C46H53Cl2F4N7O9S2. The van der Waals surface area contributed by atoms with Gasteiger partial charge in [-0.3, -0.25) is 32.8 Å². The Balaban J connectivity index is 0.000000261. The Morgan fingerprint density at radius 1 is 0.586 bits per heavy atom. The summed E-state index contributed by atoms with van der Waals surface area (Å²) in [6, 6.07) is 14.3. The maximum Gasteiger partial charge on any atom is 0.337 e. The number of benzene rings is 4. The Labute approximate surface area is 414 Å². The van der Waals surface area contributed by atoms with Gasteiger partial charge in [-0.15, -0.1) is 0 Å². The zero-order valence-corrected chi connectivity index (χ0v) is 41.7. The SMILES string of the molecule is CC(=O)N1CCN(CCS(=O)(=O)N(Cc2ccc(C(=O)CN)cc2F)c2ccc(F)c(Cl)c2)CC1.COC(=O)c1ccc(CN(c2ccc(F)c(Cl)c2)S(=O)(=O)CCN2CCN(C(C)=O)CC2)c(F)c1. The van der Waals surface area contributed by atoms with Gasteiger partial charge < -0.3 is 20.3 Å². The standard InChI is InChI=1S/C23H27ClF2N4O4S.C23H26ClF2N3O5S/c1-16(31)29-8-6-28(7-9-29)10-11-35(33,34)30(19-4-5-21(25)20(24)13-19)15-18-3-2-17(12-22(18)26)23(32)14-27;1-16(30)28-9-7-27(8-10-28)11-12-35(32,33)29(19-5-6-21(25)20(24)14-19)15-18-4-3-17(13-22(18)26)23(31)34-2/h2-5,12-13H,6-11,14-15,27H2,1H3;3-6,13-14H,7-12,15H2,1-2H3. The van der Waals surface area contributed by atoms with Gasteiger partial charge in [0.1, 0.15) is 23.3 Å². The lowest BCUT2D eigenvalue weighted by atomic mass is 10.1. The van der Waals surface area contributed by atoms with Crippen LogP contribution < -0.4 is 14.3 Å². The predicted octanol–water partition coefficient (Wildman–Crippen LogP) is 5.17. The van der Waals surface area contributed by atoms with Gasteiger partial charge in [0.15, 0.2) is 5.78 Å². The Hall–Kier alpha value is -5.36. The number of nitrogens with zero attached hydrogens (tertiary/aromatic N) is 6. The van der Waals surface area contributed by atoms with Crippen LogP contribution in [0, 0.1) is 23.3 Å². The third-order valence-corrected chi connectivity index (χ3v) is 15.7. The minimum atomic E-state index is -4.01. The van der Waals surface area contributed by atoms with Crippen molar-refractivity contribution in [1.29, 1.82) is 0 Å². The molecule has 16 nitrogen and oxygen atoms in total. The maximum absolute atomic E-state index is 14.8. The van der Waals surface area contributed by atoms with E-state index in [-0.39, 0.29) is 93.2 Å². The number of sulfonamides is 2. The number of amides is 2. The fraction of sp³-hybridized carbons (Fsp3) is 0.391. The van der Waals surface area contributed by atoms with Crippen LogP contribution in [0.3, 0.4) is 0 Å². The van der Waals surface area contributed by atoms with Gasteiger partial charge in [-0.05, 0) is 54.6 Å². The number of anilines is 2. The minimum absolute atomic E-state index is 0.0109. The van der Waals surface area contributed by atoms with Crippen molar-refractivity contribution in [3.05, 3.63) is 128 Å². The average Bonchev–Trinajstić information content (AvgIpc) is 3.33. The van der Waals surface area contributed by atoms with Crippen molar-refractivity contribution in [2.75, 3.05) is 99.2 Å². The van der Waals surface area contributed by atoms with Gasteiger partial charge in [0.2, 0.25) is 31.9 Å². The number of ether oxygens (including phenoxy) is 1. The molecule has 0 aromatic heterocycles. The number of piperazine rings is 2. The number of nitrogens with two attached hydrogens (primary N) is 1. The third kappa shape index (κ3) is 14.8. The summed E-state index contributed by atoms with van der Waals surface area (Å²) in [4.78, 5) is 53.7. The molecule has 6 rings (SSSR count). The molecule has 0 atom stereocenters. The number of rotatable bonds is 17. The van der Waals surface area contributed by atoms with Crippen molar-refractivity contribution in [2.24, 2.45) is 5.73 Å². The van der Waals surface area contributed by atoms with E-state index in [0.717, 1.165) is 32.9 Å². The number of carbonyl (C=O) groups excluding carboxylic acids is 4. The smallest absolute Gasteiger partial charge is 0.337 e. The zero-order chi connectivity index (χ0) is 51.5. The Kier molecular flexibility index (Phi) is 19.6. The summed E-state index contributed by atoms with van der Waals surface area (Å²) < 4.78 is 117. The summed E-state index contributed by atoms with van der Waals surface area (Å²) in [6.45, 7) is 6.45. The van der Waals surface area contributed by atoms with Crippen LogP contribution in [0.1, 0.15) is 45.7 Å². The van der Waals surface area contributed by atoms with Crippen molar-refractivity contribution in [1.82, 2.24) is 19.6 Å². The highest BCUT2D eigenvalue weighted by atomic mass is 35.5. The number of ketones is 1. The summed E-state index contributed by atoms with van der Waals surface area (Å²) in [6.07, 6.45) is 0. The zero-order valence-electron chi connectivity index (χ0n) is 38.6. The Bertz CT molecular complexity index is 2590. The molecule has 380 valence electrons. The van der Waals surface area contributed by atoms with Crippen LogP contribution >= 0.6 is 23.2 Å². The normalized spacial score (nSPS) is 14.7. The van der Waals surface area contributed by atoms with E-state index in [1.165, 1.54) is 69.5 Å². The van der Waals surface area contributed by atoms with Crippen LogP contribution in [-0.2, 0) is 47.5 Å². The highest BCUT2D eigenvalue weighted by Crippen LogP contribution is 2.30. The van der Waals surface area contributed by atoms with Crippen molar-refractivity contribution in [3.63, 3.8) is 0 Å². The van der Waals surface area contributed by atoms with Crippen molar-refractivity contribution in [2.45, 2.75) is 26.9 Å². The first kappa shape index (κ1) is 55.6. The summed E-state index contributed by atoms with van der Waals surface area (Å²) in [5, 5.41) is -0.544. The molecule has 2 aliphatic rings. The van der Waals surface area contributed by atoms with E-state index in [9.17, 15) is 53.6 Å². The molecule has 2 heterocycles. The van der Waals surface area contributed by atoms with Gasteiger partial charge in [0, 0.05) is 96.0 Å². The molecule has 2 N–H and O–H groups in total. The van der Waals surface area contributed by atoms with Crippen molar-refractivity contribution in [3.8, 4) is 0 Å². The molecule has 0 unspecified atom stereocenters. The number of hydrogen-bond acceptors (Lipinski definition) is 12. The number of Topliss-reactive ketones (excluding diaryl/α,β-unsaturated/α-hetero) is 1. The molecule has 4 aromatic carbocycles. The fourth-order valence-corrected chi connectivity index (χ4v) is 10.8. The number of esters is 1. The van der Waals surface area contributed by atoms with E-state index in [0.29, 0.717) is 52.4 Å². The molecule has 2 fully saturated rings. The van der Waals surface area contributed by atoms with E-state index >= 15 is 0 Å². The minimum Gasteiger partial charge on any atom is -0.465 e. The molecule has 0 spiro atoms. The summed E-state index contributed by atoms with van der Waals surface area (Å²) in [5.74, 6) is -4.80. The number of halogens is 6. The molecule has 4 aromatic rings. The van der Waals surface area contributed by atoms with Gasteiger partial charge >= 0.3 is 5.97 Å². The first-order valence-corrected chi connectivity index (χ1v) is 25.8. The Morgan fingerprint density at radius 3 is 1.31 bits per heavy atom. The summed E-state index contributed by atoms with van der Waals surface area (Å²) >= 11 is 11.8. The second kappa shape index (κ2) is 24.7. The molecule has 0 bridgehead atoms. The van der Waals surface area contributed by atoms with Crippen LogP contribution in [0.2, 0.25) is 10.0 Å². The molecule has 2 aliphatic heterocycles. The monoisotopic (exact) mass is 1060 g/mol. The predicted molar refractivity (Wildman–Crippen MR) is 258 cm³/mol. The molecular weight excluding hydrogens is 1010 g/mol. The van der Waals surface area contributed by atoms with Gasteiger partial charge in [-0.1, -0.05) is 41.4 Å². The van der Waals surface area contributed by atoms with Crippen LogP contribution in [0.25, 0.3) is 0 Å². The van der Waals surface area contributed by atoms with Crippen molar-refractivity contribution >= 4 is 78.2 Å². The molecule has 2 amide bonds. The molecule has 24 heteroatoms. The lowest BCUT2D eigenvalue weighted by molar-refractivity contribution is -0.131. The topological polar surface area (TPSA) is 191 Å². The molecule has 0 aliphatic carbocycles. The largest absolute Gasteiger partial charge is 0.465 e. The van der Waals surface area contributed by atoms with Gasteiger partial charge in [0.05, 0.1) is 65.2 Å². The first-order chi connectivity index (χ1) is 33.0. The van der Waals surface area contributed by atoms with Crippen molar-refractivity contribution < 1.29 is 58.3 Å². The molecule has 0 saturated carbocycles. The van der Waals surface area contributed by atoms with E-state index in [2.05, 4.69) is 4.74 Å². The maximum atomic E-state index is 14.8. The highest BCUT2D eigenvalue weighted by Gasteiger charge is 2.29. The number of hydrogen-bond donors (Lipinski definition) is 1. The lowest BCUT2D eigenvalue weighted by Crippen LogP contribution is -2.49. The highest BCUT2D eigenvalue weighted by molar-refractivity contribution is 7.93. The van der Waals surface area contributed by atoms with E-state index < -0.39 is 61.6 Å². The second-order valence-electron chi connectivity index (χ2n) is 16.3.